The number of carbonyl (C=O) groups excluding carboxylic acids is 2. The number of likely N-dealkylation sites (N-methyl/N-ethyl adjacent to an activating group) is 2. The van der Waals surface area contributed by atoms with Gasteiger partial charge >= 0.3 is 7.12 Å². The van der Waals surface area contributed by atoms with Crippen molar-refractivity contribution in [3.63, 3.8) is 0 Å². The Kier molecular flexibility index (Phi) is 14.6. The van der Waals surface area contributed by atoms with E-state index in [1.807, 2.05) is 19.9 Å². The van der Waals surface area contributed by atoms with Gasteiger partial charge in [0.2, 0.25) is 17.1 Å². The largest absolute Gasteiger partial charge is 0.488 e. The Labute approximate surface area is 369 Å². The predicted octanol–water partition coefficient (Wildman–Crippen LogP) is 4.46. The highest BCUT2D eigenvalue weighted by Crippen LogP contribution is 2.41. The van der Waals surface area contributed by atoms with E-state index in [4.69, 9.17) is 26.6 Å². The van der Waals surface area contributed by atoms with Crippen LogP contribution in [-0.2, 0) is 29.3 Å². The highest BCUT2D eigenvalue weighted by atomic mass is 35.5. The second kappa shape index (κ2) is 19.4. The molecule has 0 spiro atoms. The minimum Gasteiger partial charge on any atom is -0.423 e. The first-order valence-electron chi connectivity index (χ1n) is 20.8. The molecule has 2 atom stereocenters. The van der Waals surface area contributed by atoms with Crippen molar-refractivity contribution in [1.82, 2.24) is 19.9 Å². The van der Waals surface area contributed by atoms with Gasteiger partial charge in [-0.05, 0) is 79.9 Å². The molecule has 2 N–H and O–H groups in total. The minimum absolute atomic E-state index is 0.0716. The van der Waals surface area contributed by atoms with Crippen molar-refractivity contribution in [2.45, 2.75) is 112 Å². The maximum absolute atomic E-state index is 13.0. The third kappa shape index (κ3) is 10.1. The molecule has 8 rings (SSSR count). The van der Waals surface area contributed by atoms with Crippen LogP contribution in [0.5, 0.6) is 0 Å². The number of carbonyl (C=O) groups is 2. The summed E-state index contributed by atoms with van der Waals surface area (Å²) in [5, 5.41) is 17.8. The van der Waals surface area contributed by atoms with Crippen LogP contribution in [0.4, 0.5) is 23.0 Å². The Balaban J connectivity index is 0.000000168. The van der Waals surface area contributed by atoms with Gasteiger partial charge in [0.15, 0.2) is 37.1 Å². The molecule has 2 aromatic carbocycles. The molecule has 4 aromatic rings. The number of hydrogen-bond donors (Lipinski definition) is 2. The summed E-state index contributed by atoms with van der Waals surface area (Å²) in [4.78, 5) is 51.3. The topological polar surface area (TPSA) is 207 Å². The molecule has 2 saturated carbocycles. The Hall–Kier alpha value is -4.69. The summed E-state index contributed by atoms with van der Waals surface area (Å²) in [5.41, 5.74) is 2.28. The number of anilines is 4. The highest BCUT2D eigenvalue weighted by Gasteiger charge is 2.42. The number of nitrogens with zero attached hydrogens (tertiary/aromatic N) is 8. The zero-order valence-corrected chi connectivity index (χ0v) is 38.2. The lowest BCUT2D eigenvalue weighted by atomic mass is 9.80. The van der Waals surface area contributed by atoms with Gasteiger partial charge in [0.25, 0.3) is 0 Å². The van der Waals surface area contributed by atoms with Crippen LogP contribution >= 0.6 is 11.6 Å². The molecule has 62 heavy (non-hydrogen) atoms. The van der Waals surface area contributed by atoms with Gasteiger partial charge in [-0.2, -0.15) is 4.98 Å². The van der Waals surface area contributed by atoms with E-state index in [1.54, 1.807) is 54.5 Å². The van der Waals surface area contributed by atoms with Gasteiger partial charge in [0, 0.05) is 44.3 Å². The van der Waals surface area contributed by atoms with Gasteiger partial charge in [-0.3, -0.25) is 9.59 Å². The van der Waals surface area contributed by atoms with Crippen LogP contribution in [0.25, 0.3) is 11.4 Å². The van der Waals surface area contributed by atoms with Crippen molar-refractivity contribution < 1.29 is 36.5 Å². The molecule has 2 amide bonds. The summed E-state index contributed by atoms with van der Waals surface area (Å²) in [6.45, 7) is 4.08. The molecule has 4 aliphatic rings. The highest BCUT2D eigenvalue weighted by molar-refractivity contribution is 7.91. The first-order valence-corrected chi connectivity index (χ1v) is 25.0. The number of hydrogen-bond acceptors (Lipinski definition) is 14. The van der Waals surface area contributed by atoms with Crippen molar-refractivity contribution in [2.75, 3.05) is 46.2 Å². The Morgan fingerprint density at radius 3 is 1.61 bits per heavy atom. The van der Waals surface area contributed by atoms with Crippen LogP contribution in [-0.4, -0.2) is 117 Å². The van der Waals surface area contributed by atoms with Crippen molar-refractivity contribution in [3.8, 4) is 11.4 Å². The molecular weight excluding hydrogens is 855 g/mol. The minimum atomic E-state index is -3.32. The molecule has 0 saturated heterocycles. The summed E-state index contributed by atoms with van der Waals surface area (Å²) in [6, 6.07) is 12.5. The normalized spacial score (nSPS) is 19.4. The molecule has 0 unspecified atom stereocenters. The summed E-state index contributed by atoms with van der Waals surface area (Å²) in [5.74, 6) is 2.24. The van der Waals surface area contributed by atoms with Crippen molar-refractivity contribution >= 4 is 78.7 Å². The smallest absolute Gasteiger partial charge is 0.423 e. The van der Waals surface area contributed by atoms with Crippen LogP contribution in [0.1, 0.15) is 78.1 Å². The number of halogens is 1. The number of benzene rings is 2. The molecule has 2 aliphatic heterocycles. The van der Waals surface area contributed by atoms with E-state index < -0.39 is 26.8 Å². The fourth-order valence-electron chi connectivity index (χ4n) is 8.66. The first kappa shape index (κ1) is 46.8. The van der Waals surface area contributed by atoms with Crippen LogP contribution in [0.15, 0.2) is 70.7 Å². The third-order valence-corrected chi connectivity index (χ3v) is 14.3. The second-order valence-electron chi connectivity index (χ2n) is 16.1. The predicted molar refractivity (Wildman–Crippen MR) is 241 cm³/mol. The Morgan fingerprint density at radius 1 is 0.694 bits per heavy atom. The maximum atomic E-state index is 13.0. The lowest BCUT2D eigenvalue weighted by Gasteiger charge is -2.43. The zero-order valence-electron chi connectivity index (χ0n) is 35.8. The summed E-state index contributed by atoms with van der Waals surface area (Å²) >= 11 is 5.97. The van der Waals surface area contributed by atoms with E-state index in [0.717, 1.165) is 68.5 Å². The van der Waals surface area contributed by atoms with Crippen LogP contribution in [0.2, 0.25) is 5.28 Å². The summed E-state index contributed by atoms with van der Waals surface area (Å²) in [7, 11) is -4.69. The third-order valence-electron chi connectivity index (χ3n) is 11.9. The molecule has 2 aromatic heterocycles. The number of fused-ring (bicyclic) bond motifs is 2. The van der Waals surface area contributed by atoms with E-state index in [-0.39, 0.29) is 44.4 Å². The number of aromatic nitrogens is 4. The quantitative estimate of drug-likeness (QED) is 0.185. The average molecular weight is 909 g/mol. The van der Waals surface area contributed by atoms with Gasteiger partial charge in [-0.1, -0.05) is 63.8 Å². The molecule has 2 aliphatic carbocycles. The molecule has 16 nitrogen and oxygen atoms in total. The number of amides is 2. The summed E-state index contributed by atoms with van der Waals surface area (Å²) < 4.78 is 46.0. The Morgan fingerprint density at radius 2 is 1.15 bits per heavy atom. The van der Waals surface area contributed by atoms with Gasteiger partial charge in [-0.15, -0.1) is 0 Å². The Bertz CT molecular complexity index is 2510. The van der Waals surface area contributed by atoms with E-state index >= 15 is 0 Å². The number of sulfone groups is 2. The fraction of sp³-hybridized carbons (Fsp3) is 0.476. The van der Waals surface area contributed by atoms with Crippen molar-refractivity contribution in [2.24, 2.45) is 0 Å². The lowest BCUT2D eigenvalue weighted by Crippen LogP contribution is -2.55. The van der Waals surface area contributed by atoms with Gasteiger partial charge in [0.1, 0.15) is 23.5 Å². The molecule has 0 radical (unpaired) electrons. The zero-order chi connectivity index (χ0) is 45.1. The molecule has 0 bridgehead atoms. The second-order valence-corrected chi connectivity index (χ2v) is 20.5. The maximum Gasteiger partial charge on any atom is 0.488 e. The van der Waals surface area contributed by atoms with Crippen molar-refractivity contribution in [1.29, 1.82) is 0 Å². The summed E-state index contributed by atoms with van der Waals surface area (Å²) in [6.07, 6.45) is 16.2. The molecular formula is C42H54BClN8O8S2. The van der Waals surface area contributed by atoms with E-state index in [9.17, 15) is 26.4 Å². The van der Waals surface area contributed by atoms with Crippen LogP contribution in [0.3, 0.4) is 0 Å². The van der Waals surface area contributed by atoms with Gasteiger partial charge < -0.3 is 29.6 Å². The standard InChI is InChI=1S/C21H26N4O3S.C14H19ClN4O.C7H9BO4S/c1-4-17-21(26)24(2)18-13-22-19(14-8-7-11-16(12-14)29(3,27)28)23-20(18)25(17)15-9-5-6-10-15;1-3-10-13(20)18(2)11-8-16-14(15)17-12(11)19(10)9-6-4-5-7-9;1-13(11,12)7-4-2-3-6(5-7)8(9)10/h7-8,11-13,15,17H,4-6,9-10H2,1-3H3;8-10H,3-7H2,1-2H3;2-5,9-10H,1H3/t17-;10-;/m11./s1. The monoisotopic (exact) mass is 908 g/mol. The average Bonchev–Trinajstić information content (AvgIpc) is 3.99. The lowest BCUT2D eigenvalue weighted by molar-refractivity contribution is -0.120. The van der Waals surface area contributed by atoms with Gasteiger partial charge in [0.05, 0.1) is 22.2 Å². The van der Waals surface area contributed by atoms with E-state index in [1.165, 1.54) is 43.4 Å². The van der Waals surface area contributed by atoms with Crippen LogP contribution in [0, 0.1) is 0 Å². The van der Waals surface area contributed by atoms with Gasteiger partial charge in [-0.25, -0.2) is 31.8 Å². The van der Waals surface area contributed by atoms with E-state index in [2.05, 4.69) is 24.8 Å². The molecule has 2 fully saturated rings. The molecule has 4 heterocycles. The van der Waals surface area contributed by atoms with E-state index in [0.29, 0.717) is 35.6 Å². The first-order chi connectivity index (χ1) is 29.3. The SMILES string of the molecule is CC[C@@H]1C(=O)N(C)c2cnc(-c3cccc(S(C)(=O)=O)c3)nc2N1C1CCCC1.CC[C@@H]1C(=O)N(C)c2cnc(Cl)nc2N1C1CCCC1.CS(=O)(=O)c1cccc(B(O)O)c1. The molecule has 20 heteroatoms. The number of rotatable bonds is 8. The van der Waals surface area contributed by atoms with Crippen molar-refractivity contribution in [3.05, 3.63) is 66.2 Å². The fourth-order valence-corrected chi connectivity index (χ4v) is 10.1. The molecule has 332 valence electrons. The van der Waals surface area contributed by atoms with Crippen LogP contribution < -0.4 is 25.1 Å².